The third kappa shape index (κ3) is 5.32. The monoisotopic (exact) mass is 361 g/mol. The molecule has 0 atom stereocenters. The van der Waals surface area contributed by atoms with Crippen LogP contribution in [-0.4, -0.2) is 10.8 Å². The highest BCUT2D eigenvalue weighted by Gasteiger charge is 2.13. The van der Waals surface area contributed by atoms with Crippen LogP contribution >= 0.6 is 12.2 Å². The number of nitrogens with one attached hydrogen (secondary N) is 2. The number of hydrogen-bond acceptors (Lipinski definition) is 2. The number of anilines is 1. The quantitative estimate of drug-likeness (QED) is 0.460. The molecule has 0 aromatic heterocycles. The van der Waals surface area contributed by atoms with Gasteiger partial charge in [0.05, 0.1) is 11.4 Å². The zero-order chi connectivity index (χ0) is 18.6. The molecule has 0 radical (unpaired) electrons. The smallest absolute Gasteiger partial charge is 0.191 e. The molecule has 0 unspecified atom stereocenters. The first kappa shape index (κ1) is 19.0. The molecule has 0 fully saturated rings. The molecule has 2 rings (SSSR count). The number of hydrazone groups is 1. The maximum absolute atomic E-state index is 13.6. The van der Waals surface area contributed by atoms with Crippen molar-refractivity contribution in [1.82, 2.24) is 5.43 Å². The van der Waals surface area contributed by atoms with Crippen LogP contribution in [0.25, 0.3) is 0 Å². The van der Waals surface area contributed by atoms with Crippen molar-refractivity contribution in [3.8, 4) is 0 Å². The maximum atomic E-state index is 13.6. The van der Waals surface area contributed by atoms with Crippen molar-refractivity contribution < 1.29 is 8.78 Å². The van der Waals surface area contributed by atoms with Gasteiger partial charge in [0, 0.05) is 6.07 Å². The summed E-state index contributed by atoms with van der Waals surface area (Å²) in [5.74, 6) is -1.36. The second-order valence-electron chi connectivity index (χ2n) is 6.71. The summed E-state index contributed by atoms with van der Waals surface area (Å²) < 4.78 is 26.5. The van der Waals surface area contributed by atoms with Crippen molar-refractivity contribution >= 4 is 28.7 Å². The van der Waals surface area contributed by atoms with E-state index in [2.05, 4.69) is 48.7 Å². The minimum atomic E-state index is -0.720. The van der Waals surface area contributed by atoms with Crippen molar-refractivity contribution in [2.75, 3.05) is 5.32 Å². The van der Waals surface area contributed by atoms with Gasteiger partial charge in [0.1, 0.15) is 11.6 Å². The van der Waals surface area contributed by atoms with Gasteiger partial charge in [0.15, 0.2) is 5.11 Å². The van der Waals surface area contributed by atoms with E-state index in [1.807, 2.05) is 19.1 Å². The fourth-order valence-corrected chi connectivity index (χ4v) is 2.31. The van der Waals surface area contributed by atoms with E-state index in [-0.39, 0.29) is 16.2 Å². The van der Waals surface area contributed by atoms with Crippen molar-refractivity contribution in [2.45, 2.75) is 33.1 Å². The lowest BCUT2D eigenvalue weighted by Crippen LogP contribution is -2.25. The summed E-state index contributed by atoms with van der Waals surface area (Å²) in [5, 5.41) is 6.96. The summed E-state index contributed by atoms with van der Waals surface area (Å²) >= 11 is 5.08. The first-order valence-electron chi connectivity index (χ1n) is 7.84. The average molecular weight is 361 g/mol. The summed E-state index contributed by atoms with van der Waals surface area (Å²) in [5.41, 5.74) is 5.77. The highest BCUT2D eigenvalue weighted by molar-refractivity contribution is 7.80. The number of halogens is 2. The van der Waals surface area contributed by atoms with Crippen LogP contribution in [0.5, 0.6) is 0 Å². The fourth-order valence-electron chi connectivity index (χ4n) is 2.15. The molecule has 6 heteroatoms. The largest absolute Gasteiger partial charge is 0.329 e. The Balaban J connectivity index is 2.01. The summed E-state index contributed by atoms with van der Waals surface area (Å²) in [7, 11) is 0. The molecule has 0 bridgehead atoms. The molecule has 0 saturated heterocycles. The Bertz CT molecular complexity index is 793. The van der Waals surface area contributed by atoms with E-state index >= 15 is 0 Å². The third-order valence-corrected chi connectivity index (χ3v) is 3.87. The molecule has 0 heterocycles. The van der Waals surface area contributed by atoms with E-state index < -0.39 is 11.6 Å². The minimum Gasteiger partial charge on any atom is -0.329 e. The van der Waals surface area contributed by atoms with Crippen molar-refractivity contribution in [1.29, 1.82) is 0 Å². The number of nitrogens with zero attached hydrogens (tertiary/aromatic N) is 1. The van der Waals surface area contributed by atoms with E-state index in [0.717, 1.165) is 23.4 Å². The maximum Gasteiger partial charge on any atom is 0.191 e. The molecule has 0 aliphatic rings. The normalized spacial score (nSPS) is 12.0. The number of benzene rings is 2. The van der Waals surface area contributed by atoms with Crippen LogP contribution in [0.15, 0.2) is 47.6 Å². The molecule has 0 aliphatic carbocycles. The van der Waals surface area contributed by atoms with Crippen molar-refractivity contribution in [3.63, 3.8) is 0 Å². The summed E-state index contributed by atoms with van der Waals surface area (Å²) in [6.07, 6.45) is 0. The van der Waals surface area contributed by atoms with Gasteiger partial charge in [-0.2, -0.15) is 5.10 Å². The molecular formula is C19H21F2N3S. The summed E-state index contributed by atoms with van der Waals surface area (Å²) in [4.78, 5) is 0. The third-order valence-electron chi connectivity index (χ3n) is 3.67. The molecule has 3 nitrogen and oxygen atoms in total. The Kier molecular flexibility index (Phi) is 5.85. The topological polar surface area (TPSA) is 36.4 Å². The van der Waals surface area contributed by atoms with Crippen LogP contribution < -0.4 is 10.7 Å². The molecule has 0 spiro atoms. The van der Waals surface area contributed by atoms with Gasteiger partial charge in [-0.1, -0.05) is 45.0 Å². The highest BCUT2D eigenvalue weighted by Crippen LogP contribution is 2.22. The molecule has 0 aliphatic heterocycles. The second kappa shape index (κ2) is 7.70. The first-order valence-corrected chi connectivity index (χ1v) is 8.25. The molecule has 0 amide bonds. The Morgan fingerprint density at radius 1 is 1.04 bits per heavy atom. The molecule has 132 valence electrons. The highest BCUT2D eigenvalue weighted by atomic mass is 32.1. The predicted molar refractivity (Wildman–Crippen MR) is 103 cm³/mol. The van der Waals surface area contributed by atoms with E-state index in [4.69, 9.17) is 12.2 Å². The Morgan fingerprint density at radius 3 is 2.24 bits per heavy atom. The lowest BCUT2D eigenvalue weighted by atomic mass is 9.86. The van der Waals surface area contributed by atoms with Crippen LogP contribution in [-0.2, 0) is 5.41 Å². The van der Waals surface area contributed by atoms with Gasteiger partial charge in [-0.3, -0.25) is 5.43 Å². The second-order valence-corrected chi connectivity index (χ2v) is 7.12. The average Bonchev–Trinajstić information content (AvgIpc) is 2.54. The first-order chi connectivity index (χ1) is 11.7. The molecule has 25 heavy (non-hydrogen) atoms. The lowest BCUT2D eigenvalue weighted by molar-refractivity contribution is 0.586. The van der Waals surface area contributed by atoms with E-state index in [9.17, 15) is 8.78 Å². The SMILES string of the molecule is CC(=NNC(=S)Nc1ccc(F)cc1F)c1ccc(C(C)(C)C)cc1. The van der Waals surface area contributed by atoms with Gasteiger partial charge in [-0.05, 0) is 47.8 Å². The molecule has 2 aromatic carbocycles. The fraction of sp³-hybridized carbons (Fsp3) is 0.263. The van der Waals surface area contributed by atoms with Gasteiger partial charge in [0.25, 0.3) is 0 Å². The molecule has 2 N–H and O–H groups in total. The van der Waals surface area contributed by atoms with Crippen molar-refractivity contribution in [2.24, 2.45) is 5.10 Å². The Morgan fingerprint density at radius 2 is 1.68 bits per heavy atom. The molecule has 2 aromatic rings. The van der Waals surface area contributed by atoms with E-state index in [0.29, 0.717) is 0 Å². The van der Waals surface area contributed by atoms with Gasteiger partial charge < -0.3 is 5.32 Å². The standard InChI is InChI=1S/C19H21F2N3S/c1-12(13-5-7-14(8-6-13)19(2,3)4)23-24-18(25)22-17-10-9-15(20)11-16(17)21/h5-11H,1-4H3,(H2,22,24,25). The van der Waals surface area contributed by atoms with Crippen LogP contribution in [0.3, 0.4) is 0 Å². The van der Waals surface area contributed by atoms with Gasteiger partial charge in [-0.15, -0.1) is 0 Å². The Labute approximate surface area is 152 Å². The van der Waals surface area contributed by atoms with E-state index in [1.165, 1.54) is 11.6 Å². The van der Waals surface area contributed by atoms with Crippen molar-refractivity contribution in [3.05, 3.63) is 65.2 Å². The van der Waals surface area contributed by atoms with Crippen LogP contribution in [0, 0.1) is 11.6 Å². The summed E-state index contributed by atoms with van der Waals surface area (Å²) in [6, 6.07) is 11.3. The van der Waals surface area contributed by atoms with Gasteiger partial charge in [-0.25, -0.2) is 8.78 Å². The predicted octanol–water partition coefficient (Wildman–Crippen LogP) is 4.97. The summed E-state index contributed by atoms with van der Waals surface area (Å²) in [6.45, 7) is 8.32. The van der Waals surface area contributed by atoms with E-state index in [1.54, 1.807) is 0 Å². The Hall–Kier alpha value is -2.34. The zero-order valence-electron chi connectivity index (χ0n) is 14.7. The molecular weight excluding hydrogens is 340 g/mol. The number of thiocarbonyl (C=S) groups is 1. The van der Waals surface area contributed by atoms with Gasteiger partial charge in [0.2, 0.25) is 0 Å². The lowest BCUT2D eigenvalue weighted by Gasteiger charge is -2.19. The minimum absolute atomic E-state index is 0.0845. The van der Waals surface area contributed by atoms with Crippen LogP contribution in [0.4, 0.5) is 14.5 Å². The number of rotatable bonds is 3. The zero-order valence-corrected chi connectivity index (χ0v) is 15.5. The van der Waals surface area contributed by atoms with Crippen LogP contribution in [0.1, 0.15) is 38.8 Å². The molecule has 0 saturated carbocycles. The van der Waals surface area contributed by atoms with Gasteiger partial charge >= 0.3 is 0 Å². The van der Waals surface area contributed by atoms with Crippen LogP contribution in [0.2, 0.25) is 0 Å². The number of hydrogen-bond donors (Lipinski definition) is 2.